The lowest BCUT2D eigenvalue weighted by Crippen LogP contribution is -2.10. The largest absolute Gasteiger partial charge is 0.481 e. The first-order valence-corrected chi connectivity index (χ1v) is 4.04. The van der Waals surface area contributed by atoms with Crippen LogP contribution in [0.5, 0.6) is 0 Å². The Hall–Kier alpha value is -1.06. The summed E-state index contributed by atoms with van der Waals surface area (Å²) in [4.78, 5) is 20.8. The number of hydrogen-bond donors (Lipinski definition) is 2. The molecule has 0 bridgehead atoms. The molecular weight excluding hydrogens is 160 g/mol. The summed E-state index contributed by atoms with van der Waals surface area (Å²) in [5.74, 6) is -1.85. The van der Waals surface area contributed by atoms with Crippen LogP contribution in [0.2, 0.25) is 0 Å². The van der Waals surface area contributed by atoms with E-state index < -0.39 is 11.9 Å². The molecule has 1 rings (SSSR count). The second-order valence-electron chi connectivity index (χ2n) is 3.31. The molecule has 68 valence electrons. The van der Waals surface area contributed by atoms with Gasteiger partial charge in [0.2, 0.25) is 0 Å². The van der Waals surface area contributed by atoms with Crippen molar-refractivity contribution in [3.63, 3.8) is 0 Å². The van der Waals surface area contributed by atoms with Crippen molar-refractivity contribution in [2.24, 2.45) is 11.8 Å². The molecule has 0 amide bonds. The summed E-state index contributed by atoms with van der Waals surface area (Å²) in [6.45, 7) is 0. The second-order valence-corrected chi connectivity index (χ2v) is 3.31. The van der Waals surface area contributed by atoms with Gasteiger partial charge in [-0.05, 0) is 25.2 Å². The van der Waals surface area contributed by atoms with Crippen LogP contribution in [0.25, 0.3) is 0 Å². The molecule has 2 N–H and O–H groups in total. The third kappa shape index (κ3) is 2.22. The van der Waals surface area contributed by atoms with Crippen LogP contribution >= 0.6 is 0 Å². The highest BCUT2D eigenvalue weighted by atomic mass is 16.4. The van der Waals surface area contributed by atoms with Crippen LogP contribution in [0.15, 0.2) is 0 Å². The molecule has 1 fully saturated rings. The van der Waals surface area contributed by atoms with Crippen molar-refractivity contribution in [2.45, 2.75) is 25.7 Å². The first-order valence-electron chi connectivity index (χ1n) is 4.04. The molecule has 12 heavy (non-hydrogen) atoms. The lowest BCUT2D eigenvalue weighted by atomic mass is 10.0. The van der Waals surface area contributed by atoms with Gasteiger partial charge in [0.15, 0.2) is 0 Å². The van der Waals surface area contributed by atoms with Gasteiger partial charge in [0.25, 0.3) is 0 Å². The van der Waals surface area contributed by atoms with Crippen LogP contribution in [0.4, 0.5) is 0 Å². The fraction of sp³-hybridized carbons (Fsp3) is 0.750. The third-order valence-electron chi connectivity index (χ3n) is 2.35. The van der Waals surface area contributed by atoms with Crippen molar-refractivity contribution in [3.05, 3.63) is 0 Å². The molecular formula is C8H12O4. The number of carboxylic acid groups (broad SMARTS) is 2. The maximum Gasteiger partial charge on any atom is 0.306 e. The average Bonchev–Trinajstić information content (AvgIpc) is 2.34. The van der Waals surface area contributed by atoms with E-state index in [1.54, 1.807) is 0 Å². The van der Waals surface area contributed by atoms with E-state index in [2.05, 4.69) is 0 Å². The van der Waals surface area contributed by atoms with Crippen molar-refractivity contribution < 1.29 is 19.8 Å². The Labute approximate surface area is 70.2 Å². The van der Waals surface area contributed by atoms with Crippen molar-refractivity contribution in [1.29, 1.82) is 0 Å². The van der Waals surface area contributed by atoms with E-state index in [0.717, 1.165) is 6.42 Å². The van der Waals surface area contributed by atoms with Crippen molar-refractivity contribution in [1.82, 2.24) is 0 Å². The number of rotatable bonds is 3. The number of carbonyl (C=O) groups is 2. The smallest absolute Gasteiger partial charge is 0.306 e. The lowest BCUT2D eigenvalue weighted by Gasteiger charge is -2.04. The van der Waals surface area contributed by atoms with E-state index in [0.29, 0.717) is 12.8 Å². The zero-order valence-corrected chi connectivity index (χ0v) is 6.69. The van der Waals surface area contributed by atoms with E-state index >= 15 is 0 Å². The van der Waals surface area contributed by atoms with Gasteiger partial charge in [0.05, 0.1) is 5.92 Å². The topological polar surface area (TPSA) is 74.6 Å². The van der Waals surface area contributed by atoms with Crippen LogP contribution in [-0.2, 0) is 9.59 Å². The van der Waals surface area contributed by atoms with Crippen LogP contribution in [0.3, 0.4) is 0 Å². The van der Waals surface area contributed by atoms with Crippen molar-refractivity contribution in [3.8, 4) is 0 Å². The van der Waals surface area contributed by atoms with Gasteiger partial charge in [-0.25, -0.2) is 0 Å². The maximum atomic E-state index is 10.5. The monoisotopic (exact) mass is 172 g/mol. The molecule has 1 aliphatic rings. The minimum absolute atomic E-state index is 0.0728. The predicted molar refractivity (Wildman–Crippen MR) is 40.7 cm³/mol. The van der Waals surface area contributed by atoms with Gasteiger partial charge in [-0.2, -0.15) is 0 Å². The molecule has 2 atom stereocenters. The summed E-state index contributed by atoms with van der Waals surface area (Å²) in [5.41, 5.74) is 0. The molecule has 0 aliphatic heterocycles. The summed E-state index contributed by atoms with van der Waals surface area (Å²) in [6.07, 6.45) is 2.02. The Kier molecular flexibility index (Phi) is 2.68. The molecule has 0 aromatic rings. The van der Waals surface area contributed by atoms with E-state index in [9.17, 15) is 9.59 Å². The molecule has 0 aromatic carbocycles. The van der Waals surface area contributed by atoms with Gasteiger partial charge in [-0.3, -0.25) is 9.59 Å². The Morgan fingerprint density at radius 1 is 1.25 bits per heavy atom. The summed E-state index contributed by atoms with van der Waals surface area (Å²) < 4.78 is 0. The molecule has 4 heteroatoms. The predicted octanol–water partition coefficient (Wildman–Crippen LogP) is 0.962. The lowest BCUT2D eigenvalue weighted by molar-refractivity contribution is -0.142. The van der Waals surface area contributed by atoms with Gasteiger partial charge in [0.1, 0.15) is 0 Å². The van der Waals surface area contributed by atoms with Gasteiger partial charge >= 0.3 is 11.9 Å². The molecule has 0 spiro atoms. The van der Waals surface area contributed by atoms with Gasteiger partial charge in [0, 0.05) is 6.42 Å². The molecule has 0 heterocycles. The first-order chi connectivity index (χ1) is 5.59. The zero-order valence-electron chi connectivity index (χ0n) is 6.69. The number of hydrogen-bond acceptors (Lipinski definition) is 2. The van der Waals surface area contributed by atoms with Gasteiger partial charge < -0.3 is 10.2 Å². The summed E-state index contributed by atoms with van der Waals surface area (Å²) in [7, 11) is 0. The summed E-state index contributed by atoms with van der Waals surface area (Å²) >= 11 is 0. The van der Waals surface area contributed by atoms with Crippen LogP contribution < -0.4 is 0 Å². The minimum Gasteiger partial charge on any atom is -0.481 e. The molecule has 0 radical (unpaired) electrons. The molecule has 1 aliphatic carbocycles. The minimum atomic E-state index is -0.828. The Morgan fingerprint density at radius 2 is 1.92 bits per heavy atom. The average molecular weight is 172 g/mol. The number of carboxylic acids is 2. The summed E-state index contributed by atoms with van der Waals surface area (Å²) in [5, 5.41) is 17.1. The van der Waals surface area contributed by atoms with Gasteiger partial charge in [-0.1, -0.05) is 0 Å². The van der Waals surface area contributed by atoms with Crippen molar-refractivity contribution >= 4 is 11.9 Å². The third-order valence-corrected chi connectivity index (χ3v) is 2.35. The maximum absolute atomic E-state index is 10.5. The van der Waals surface area contributed by atoms with E-state index in [1.165, 1.54) is 0 Å². The van der Waals surface area contributed by atoms with Gasteiger partial charge in [-0.15, -0.1) is 0 Å². The molecule has 4 nitrogen and oxygen atoms in total. The van der Waals surface area contributed by atoms with E-state index in [-0.39, 0.29) is 18.3 Å². The Balaban J connectivity index is 2.35. The first kappa shape index (κ1) is 9.03. The van der Waals surface area contributed by atoms with Crippen molar-refractivity contribution in [2.75, 3.05) is 0 Å². The fourth-order valence-electron chi connectivity index (χ4n) is 1.73. The molecule has 0 saturated heterocycles. The molecule has 0 aromatic heterocycles. The zero-order chi connectivity index (χ0) is 9.14. The standard InChI is InChI=1S/C8H12O4/c9-7(10)4-5-1-2-6(3-5)8(11)12/h5-6H,1-4H2,(H,9,10)(H,11,12). The molecule has 2 unspecified atom stereocenters. The quantitative estimate of drug-likeness (QED) is 0.665. The van der Waals surface area contributed by atoms with Crippen LogP contribution in [0, 0.1) is 11.8 Å². The Bertz CT molecular complexity index is 199. The summed E-state index contributed by atoms with van der Waals surface area (Å²) in [6, 6.07) is 0. The molecule has 1 saturated carbocycles. The Morgan fingerprint density at radius 3 is 2.33 bits per heavy atom. The fourth-order valence-corrected chi connectivity index (χ4v) is 1.73. The highest BCUT2D eigenvalue weighted by Gasteiger charge is 2.30. The van der Waals surface area contributed by atoms with Crippen LogP contribution in [0.1, 0.15) is 25.7 Å². The van der Waals surface area contributed by atoms with E-state index in [1.807, 2.05) is 0 Å². The normalized spacial score (nSPS) is 28.7. The second kappa shape index (κ2) is 3.56. The SMILES string of the molecule is O=C(O)CC1CCC(C(=O)O)C1. The van der Waals surface area contributed by atoms with E-state index in [4.69, 9.17) is 10.2 Å². The van der Waals surface area contributed by atoms with Crippen LogP contribution in [-0.4, -0.2) is 22.2 Å². The highest BCUT2D eigenvalue weighted by molar-refractivity contribution is 5.71. The highest BCUT2D eigenvalue weighted by Crippen LogP contribution is 2.32. The number of aliphatic carboxylic acids is 2.